The lowest BCUT2D eigenvalue weighted by atomic mass is 10.6. The van der Waals surface area contributed by atoms with Gasteiger partial charge in [-0.15, -0.1) is 11.6 Å². The zero-order valence-corrected chi connectivity index (χ0v) is 7.04. The van der Waals surface area contributed by atoms with Gasteiger partial charge in [0.2, 0.25) is 0 Å². The Morgan fingerprint density at radius 1 is 1.64 bits per heavy atom. The van der Waals surface area contributed by atoms with E-state index in [-0.39, 0.29) is 11.6 Å². The standard InChI is InChI=1S/C3H5ClO.CH4N2O.H3N.H2O/c4-1-3-2-5-3;2-1(3)4;;/h3H,1-2H2;(H4,2,3,4);1H3;1H2. The number of primary amides is 2. The number of nitrogens with two attached hydrogens (primary N) is 2. The third-order valence-corrected chi connectivity index (χ3v) is 0.919. The molecule has 0 bridgehead atoms. The average molecular weight is 188 g/mol. The Hall–Kier alpha value is -0.560. The summed E-state index contributed by atoms with van der Waals surface area (Å²) in [4.78, 5) is 9.00. The third-order valence-electron chi connectivity index (χ3n) is 0.574. The number of carbonyl (C=O) groups is 1. The summed E-state index contributed by atoms with van der Waals surface area (Å²) in [6, 6.07) is -0.833. The van der Waals surface area contributed by atoms with Crippen LogP contribution in [0, 0.1) is 0 Å². The number of epoxide rings is 1. The van der Waals surface area contributed by atoms with Crippen molar-refractivity contribution in [2.45, 2.75) is 6.10 Å². The fourth-order valence-electron chi connectivity index (χ4n) is 0.157. The predicted molar refractivity (Wildman–Crippen MR) is 42.2 cm³/mol. The highest BCUT2D eigenvalue weighted by atomic mass is 35.5. The molecule has 9 N–H and O–H groups in total. The van der Waals surface area contributed by atoms with Crippen molar-refractivity contribution in [3.8, 4) is 0 Å². The number of urea groups is 1. The maximum absolute atomic E-state index is 9.00. The molecule has 1 aliphatic heterocycles. The van der Waals surface area contributed by atoms with Gasteiger partial charge >= 0.3 is 6.03 Å². The van der Waals surface area contributed by atoms with Crippen LogP contribution in [0.4, 0.5) is 4.79 Å². The zero-order valence-electron chi connectivity index (χ0n) is 6.29. The van der Waals surface area contributed by atoms with Crippen molar-refractivity contribution in [2.75, 3.05) is 12.5 Å². The van der Waals surface area contributed by atoms with Crippen LogP contribution in [0.3, 0.4) is 0 Å². The Morgan fingerprint density at radius 2 is 1.91 bits per heavy atom. The topological polar surface area (TPSA) is 148 Å². The van der Waals surface area contributed by atoms with Crippen LogP contribution in [0.1, 0.15) is 0 Å². The molecule has 7 heteroatoms. The molecule has 0 aromatic rings. The van der Waals surface area contributed by atoms with Crippen LogP contribution in [0.15, 0.2) is 0 Å². The summed E-state index contributed by atoms with van der Waals surface area (Å²) in [5.41, 5.74) is 8.50. The monoisotopic (exact) mass is 187 g/mol. The smallest absolute Gasteiger partial charge is 0.309 e. The Labute approximate surface area is 69.7 Å². The maximum atomic E-state index is 9.00. The molecule has 0 saturated carbocycles. The lowest BCUT2D eigenvalue weighted by Crippen LogP contribution is -2.18. The van der Waals surface area contributed by atoms with E-state index in [0.717, 1.165) is 6.61 Å². The fourth-order valence-corrected chi connectivity index (χ4v) is 0.335. The van der Waals surface area contributed by atoms with Crippen LogP contribution < -0.4 is 17.6 Å². The van der Waals surface area contributed by atoms with Crippen LogP contribution >= 0.6 is 11.6 Å². The van der Waals surface area contributed by atoms with Gasteiger partial charge in [0, 0.05) is 0 Å². The molecule has 0 aromatic heterocycles. The Kier molecular flexibility index (Phi) is 14.4. The summed E-state index contributed by atoms with van der Waals surface area (Å²) in [6.07, 6.45) is 0.400. The molecule has 1 fully saturated rings. The molecule has 70 valence electrons. The minimum absolute atomic E-state index is 0. The second kappa shape index (κ2) is 9.44. The van der Waals surface area contributed by atoms with E-state index in [9.17, 15) is 0 Å². The van der Waals surface area contributed by atoms with Crippen molar-refractivity contribution in [1.82, 2.24) is 6.15 Å². The Balaban J connectivity index is -0.000000101. The first-order valence-corrected chi connectivity index (χ1v) is 2.92. The number of quaternary nitrogens is 1. The SMILES string of the molecule is ClCC1CO1.NC(N)=O.[NH4+].[OH-]. The summed E-state index contributed by atoms with van der Waals surface area (Å²) >= 11 is 5.27. The summed E-state index contributed by atoms with van der Waals surface area (Å²) in [7, 11) is 0. The summed E-state index contributed by atoms with van der Waals surface area (Å²) in [5, 5.41) is 0. The zero-order chi connectivity index (χ0) is 7.28. The van der Waals surface area contributed by atoms with E-state index in [2.05, 4.69) is 11.5 Å². The molecule has 6 nitrogen and oxygen atoms in total. The molecule has 2 amide bonds. The molecular formula is C4H14ClN3O3. The maximum Gasteiger partial charge on any atom is 0.309 e. The van der Waals surface area contributed by atoms with Crippen LogP contribution in [0.25, 0.3) is 0 Å². The normalized spacial score (nSPS) is 17.7. The summed E-state index contributed by atoms with van der Waals surface area (Å²) in [6.45, 7) is 0.878. The molecule has 1 heterocycles. The molecule has 0 aliphatic carbocycles. The van der Waals surface area contributed by atoms with Gasteiger partial charge in [-0.2, -0.15) is 0 Å². The Morgan fingerprint density at radius 3 is 1.91 bits per heavy atom. The van der Waals surface area contributed by atoms with Crippen molar-refractivity contribution in [3.05, 3.63) is 0 Å². The van der Waals surface area contributed by atoms with E-state index in [1.807, 2.05) is 0 Å². The van der Waals surface area contributed by atoms with E-state index < -0.39 is 6.03 Å². The number of rotatable bonds is 1. The first-order chi connectivity index (χ1) is 4.16. The lowest BCUT2D eigenvalue weighted by Gasteiger charge is -1.67. The molecular weight excluding hydrogens is 174 g/mol. The van der Waals surface area contributed by atoms with Gasteiger partial charge in [0.05, 0.1) is 18.6 Å². The van der Waals surface area contributed by atoms with Gasteiger partial charge in [-0.1, -0.05) is 0 Å². The second-order valence-corrected chi connectivity index (χ2v) is 1.82. The van der Waals surface area contributed by atoms with Crippen LogP contribution in [-0.2, 0) is 4.74 Å². The first-order valence-electron chi connectivity index (χ1n) is 2.39. The summed E-state index contributed by atoms with van der Waals surface area (Å²) < 4.78 is 4.73. The Bertz CT molecular complexity index is 94.6. The second-order valence-electron chi connectivity index (χ2n) is 1.51. The van der Waals surface area contributed by atoms with Crippen molar-refractivity contribution in [2.24, 2.45) is 11.5 Å². The van der Waals surface area contributed by atoms with Gasteiger partial charge in [-0.3, -0.25) is 0 Å². The lowest BCUT2D eigenvalue weighted by molar-refractivity contribution is 0.256. The number of amides is 2. The number of alkyl halides is 1. The number of carbonyl (C=O) groups excluding carboxylic acids is 1. The van der Waals surface area contributed by atoms with Crippen LogP contribution in [0.2, 0.25) is 0 Å². The van der Waals surface area contributed by atoms with Gasteiger partial charge in [0.1, 0.15) is 0 Å². The van der Waals surface area contributed by atoms with Crippen LogP contribution in [0.5, 0.6) is 0 Å². The molecule has 11 heavy (non-hydrogen) atoms. The van der Waals surface area contributed by atoms with Crippen molar-refractivity contribution < 1.29 is 15.0 Å². The minimum atomic E-state index is -0.833. The number of hydrogen-bond donors (Lipinski definition) is 3. The molecule has 0 radical (unpaired) electrons. The third kappa shape index (κ3) is 26.5. The van der Waals surface area contributed by atoms with Crippen molar-refractivity contribution in [1.29, 1.82) is 0 Å². The summed E-state index contributed by atoms with van der Waals surface area (Å²) in [5.74, 6) is 0.667. The van der Waals surface area contributed by atoms with Gasteiger partial charge in [-0.25, -0.2) is 4.79 Å². The highest BCUT2D eigenvalue weighted by Gasteiger charge is 2.19. The molecule has 1 rings (SSSR count). The largest absolute Gasteiger partial charge is 0.870 e. The van der Waals surface area contributed by atoms with Crippen LogP contribution in [-0.4, -0.2) is 30.1 Å². The molecule has 0 spiro atoms. The van der Waals surface area contributed by atoms with E-state index in [1.165, 1.54) is 0 Å². The molecule has 1 saturated heterocycles. The van der Waals surface area contributed by atoms with Gasteiger partial charge in [0.25, 0.3) is 0 Å². The average Bonchev–Trinajstić information content (AvgIpc) is 2.43. The molecule has 0 aromatic carbocycles. The highest BCUT2D eigenvalue weighted by molar-refractivity contribution is 6.18. The molecule has 1 aliphatic rings. The van der Waals surface area contributed by atoms with E-state index in [0.29, 0.717) is 12.0 Å². The predicted octanol–water partition coefficient (Wildman–Crippen LogP) is -0.153. The van der Waals surface area contributed by atoms with Gasteiger partial charge in [0.15, 0.2) is 0 Å². The number of halogens is 1. The minimum Gasteiger partial charge on any atom is -0.870 e. The fraction of sp³-hybridized carbons (Fsp3) is 0.750. The van der Waals surface area contributed by atoms with Gasteiger partial charge in [-0.05, 0) is 0 Å². The number of ether oxygens (including phenoxy) is 1. The van der Waals surface area contributed by atoms with E-state index in [1.54, 1.807) is 0 Å². The van der Waals surface area contributed by atoms with Crippen molar-refractivity contribution >= 4 is 17.6 Å². The van der Waals surface area contributed by atoms with E-state index in [4.69, 9.17) is 21.1 Å². The number of hydrogen-bond acceptors (Lipinski definition) is 3. The molecule has 1 unspecified atom stereocenters. The van der Waals surface area contributed by atoms with E-state index >= 15 is 0 Å². The first kappa shape index (κ1) is 16.8. The molecule has 1 atom stereocenters. The highest BCUT2D eigenvalue weighted by Crippen LogP contribution is 2.08. The van der Waals surface area contributed by atoms with Gasteiger partial charge < -0.3 is 27.8 Å². The quantitative estimate of drug-likeness (QED) is 0.387. The van der Waals surface area contributed by atoms with Crippen molar-refractivity contribution in [3.63, 3.8) is 0 Å².